The lowest BCUT2D eigenvalue weighted by Gasteiger charge is -1.99. The summed E-state index contributed by atoms with van der Waals surface area (Å²) >= 11 is 0. The molecule has 0 saturated heterocycles. The minimum atomic E-state index is -0.944. The standard InChI is InChI=1S/2C7H9NO3/c1-6(2)7(10)11-4-3-8-5-9;1-6(7(10)11)3-2-4-8-5-9/h1,3-4H2,2H3;3H,2,4H2,1H3,(H,10,11). The van der Waals surface area contributed by atoms with Gasteiger partial charge in [-0.2, -0.15) is 0 Å². The summed E-state index contributed by atoms with van der Waals surface area (Å²) in [6, 6.07) is 0. The lowest BCUT2D eigenvalue weighted by atomic mass is 10.2. The highest BCUT2D eigenvalue weighted by Gasteiger charge is 2.00. The first-order valence-electron chi connectivity index (χ1n) is 6.16. The van der Waals surface area contributed by atoms with Gasteiger partial charge >= 0.3 is 11.9 Å². The van der Waals surface area contributed by atoms with Gasteiger partial charge in [0.15, 0.2) is 0 Å². The zero-order chi connectivity index (χ0) is 17.4. The van der Waals surface area contributed by atoms with Crippen molar-refractivity contribution in [2.75, 3.05) is 19.7 Å². The lowest BCUT2D eigenvalue weighted by molar-refractivity contribution is -0.138. The Morgan fingerprint density at radius 2 is 1.73 bits per heavy atom. The zero-order valence-corrected chi connectivity index (χ0v) is 12.5. The minimum absolute atomic E-state index is 0.0981. The SMILES string of the molecule is C=C(C)C(=O)OCCN=C=O.CC(=CCCN=C=O)C(=O)O. The van der Waals surface area contributed by atoms with Gasteiger partial charge in [0.2, 0.25) is 12.2 Å². The summed E-state index contributed by atoms with van der Waals surface area (Å²) in [6.07, 6.45) is 4.68. The first kappa shape index (κ1) is 21.5. The van der Waals surface area contributed by atoms with Gasteiger partial charge in [-0.15, -0.1) is 0 Å². The van der Waals surface area contributed by atoms with Crippen LogP contribution in [0.25, 0.3) is 0 Å². The van der Waals surface area contributed by atoms with Gasteiger partial charge in [0, 0.05) is 11.1 Å². The van der Waals surface area contributed by atoms with Gasteiger partial charge in [0.1, 0.15) is 6.61 Å². The number of isocyanates is 2. The van der Waals surface area contributed by atoms with E-state index in [4.69, 9.17) is 5.11 Å². The van der Waals surface area contributed by atoms with Gasteiger partial charge in [0.25, 0.3) is 0 Å². The average molecular weight is 310 g/mol. The number of carbonyl (C=O) groups is 2. The van der Waals surface area contributed by atoms with E-state index in [1.807, 2.05) is 0 Å². The van der Waals surface area contributed by atoms with Crippen molar-refractivity contribution < 1.29 is 29.0 Å². The average Bonchev–Trinajstić information content (AvgIpc) is 2.48. The number of carbonyl (C=O) groups excluding carboxylic acids is 3. The second-order valence-corrected chi connectivity index (χ2v) is 3.84. The Morgan fingerprint density at radius 3 is 2.18 bits per heavy atom. The summed E-state index contributed by atoms with van der Waals surface area (Å²) in [5.41, 5.74) is 0.603. The molecule has 0 aliphatic carbocycles. The Morgan fingerprint density at radius 1 is 1.18 bits per heavy atom. The van der Waals surface area contributed by atoms with Crippen LogP contribution < -0.4 is 0 Å². The minimum Gasteiger partial charge on any atom is -0.478 e. The number of hydrogen-bond donors (Lipinski definition) is 1. The van der Waals surface area contributed by atoms with Crippen molar-refractivity contribution >= 4 is 24.1 Å². The Kier molecular flexibility index (Phi) is 14.2. The first-order chi connectivity index (χ1) is 10.4. The van der Waals surface area contributed by atoms with E-state index in [1.165, 1.54) is 25.2 Å². The fraction of sp³-hybridized carbons (Fsp3) is 0.429. The van der Waals surface area contributed by atoms with E-state index in [1.54, 1.807) is 6.92 Å². The van der Waals surface area contributed by atoms with Crippen molar-refractivity contribution in [3.05, 3.63) is 23.8 Å². The van der Waals surface area contributed by atoms with Crippen molar-refractivity contribution in [1.29, 1.82) is 0 Å². The number of carboxylic acids is 1. The van der Waals surface area contributed by atoms with Crippen LogP contribution in [0.3, 0.4) is 0 Å². The molecular weight excluding hydrogens is 292 g/mol. The molecule has 0 radical (unpaired) electrons. The second-order valence-electron chi connectivity index (χ2n) is 3.84. The van der Waals surface area contributed by atoms with E-state index in [0.717, 1.165) is 0 Å². The Labute approximate surface area is 127 Å². The number of esters is 1. The van der Waals surface area contributed by atoms with Crippen LogP contribution in [-0.4, -0.2) is 48.9 Å². The maximum absolute atomic E-state index is 10.6. The largest absolute Gasteiger partial charge is 0.478 e. The van der Waals surface area contributed by atoms with Crippen molar-refractivity contribution in [1.82, 2.24) is 0 Å². The molecule has 22 heavy (non-hydrogen) atoms. The maximum atomic E-state index is 10.6. The molecule has 0 bridgehead atoms. The molecule has 120 valence electrons. The fourth-order valence-electron chi connectivity index (χ4n) is 0.831. The molecule has 1 N–H and O–H groups in total. The molecule has 0 aliphatic heterocycles. The van der Waals surface area contributed by atoms with Crippen LogP contribution in [-0.2, 0) is 23.9 Å². The second kappa shape index (κ2) is 14.6. The van der Waals surface area contributed by atoms with E-state index in [0.29, 0.717) is 18.5 Å². The molecule has 0 heterocycles. The van der Waals surface area contributed by atoms with Crippen LogP contribution in [0.1, 0.15) is 20.3 Å². The van der Waals surface area contributed by atoms with E-state index < -0.39 is 11.9 Å². The predicted octanol–water partition coefficient (Wildman–Crippen LogP) is 1.18. The van der Waals surface area contributed by atoms with Crippen LogP contribution >= 0.6 is 0 Å². The van der Waals surface area contributed by atoms with Crippen molar-refractivity contribution in [2.24, 2.45) is 9.98 Å². The zero-order valence-electron chi connectivity index (χ0n) is 12.5. The molecule has 0 spiro atoms. The van der Waals surface area contributed by atoms with E-state index in [9.17, 15) is 19.2 Å². The summed E-state index contributed by atoms with van der Waals surface area (Å²) in [5.74, 6) is -1.41. The Balaban J connectivity index is 0. The monoisotopic (exact) mass is 310 g/mol. The Bertz CT molecular complexity index is 511. The molecule has 0 saturated carbocycles. The Hall–Kier alpha value is -2.82. The van der Waals surface area contributed by atoms with Gasteiger partial charge in [-0.25, -0.2) is 29.2 Å². The fourth-order valence-corrected chi connectivity index (χ4v) is 0.831. The maximum Gasteiger partial charge on any atom is 0.333 e. The van der Waals surface area contributed by atoms with Crippen LogP contribution in [0.5, 0.6) is 0 Å². The molecule has 8 nitrogen and oxygen atoms in total. The normalized spacial score (nSPS) is 9.27. The molecule has 0 aromatic rings. The number of rotatable bonds is 8. The molecule has 0 rings (SSSR count). The van der Waals surface area contributed by atoms with Gasteiger partial charge in [-0.05, 0) is 20.3 Å². The third kappa shape index (κ3) is 15.2. The molecule has 0 aliphatic rings. The summed E-state index contributed by atoms with van der Waals surface area (Å²) in [6.45, 7) is 6.96. The summed E-state index contributed by atoms with van der Waals surface area (Å²) in [7, 11) is 0. The summed E-state index contributed by atoms with van der Waals surface area (Å²) < 4.78 is 4.59. The predicted molar refractivity (Wildman–Crippen MR) is 77.8 cm³/mol. The number of aliphatic carboxylic acids is 1. The van der Waals surface area contributed by atoms with Crippen LogP contribution in [0.15, 0.2) is 33.8 Å². The molecule has 0 fully saturated rings. The molecule has 8 heteroatoms. The van der Waals surface area contributed by atoms with Crippen LogP contribution in [0.2, 0.25) is 0 Å². The topological polar surface area (TPSA) is 122 Å². The van der Waals surface area contributed by atoms with E-state index >= 15 is 0 Å². The smallest absolute Gasteiger partial charge is 0.333 e. The van der Waals surface area contributed by atoms with Crippen LogP contribution in [0, 0.1) is 0 Å². The number of carboxylic acid groups (broad SMARTS) is 1. The van der Waals surface area contributed by atoms with E-state index in [2.05, 4.69) is 21.3 Å². The third-order valence-electron chi connectivity index (χ3n) is 1.94. The molecule has 0 amide bonds. The number of nitrogens with zero attached hydrogens (tertiary/aromatic N) is 2. The molecule has 0 atom stereocenters. The highest BCUT2D eigenvalue weighted by Crippen LogP contribution is 1.94. The van der Waals surface area contributed by atoms with Crippen molar-refractivity contribution in [3.63, 3.8) is 0 Å². The van der Waals surface area contributed by atoms with E-state index in [-0.39, 0.29) is 18.7 Å². The molecule has 0 unspecified atom stereocenters. The van der Waals surface area contributed by atoms with Crippen molar-refractivity contribution in [2.45, 2.75) is 20.3 Å². The number of ether oxygens (including phenoxy) is 1. The summed E-state index contributed by atoms with van der Waals surface area (Å²) in [4.78, 5) is 46.4. The molecule has 0 aromatic carbocycles. The third-order valence-corrected chi connectivity index (χ3v) is 1.94. The highest BCUT2D eigenvalue weighted by atomic mass is 16.5. The number of hydrogen-bond acceptors (Lipinski definition) is 7. The highest BCUT2D eigenvalue weighted by molar-refractivity contribution is 5.87. The van der Waals surface area contributed by atoms with Gasteiger partial charge in [0.05, 0.1) is 13.1 Å². The lowest BCUT2D eigenvalue weighted by Crippen LogP contribution is -2.07. The van der Waals surface area contributed by atoms with Gasteiger partial charge in [-0.3, -0.25) is 0 Å². The molecular formula is C14H18N2O6. The summed E-state index contributed by atoms with van der Waals surface area (Å²) in [5, 5.41) is 8.36. The van der Waals surface area contributed by atoms with Crippen LogP contribution in [0.4, 0.5) is 0 Å². The molecule has 0 aromatic heterocycles. The van der Waals surface area contributed by atoms with Gasteiger partial charge in [-0.1, -0.05) is 12.7 Å². The quantitative estimate of drug-likeness (QED) is 0.236. The first-order valence-corrected chi connectivity index (χ1v) is 6.16. The van der Waals surface area contributed by atoms with Crippen molar-refractivity contribution in [3.8, 4) is 0 Å². The van der Waals surface area contributed by atoms with Gasteiger partial charge < -0.3 is 9.84 Å². The number of aliphatic imine (C=N–C) groups is 2.